The molecular formula is C15H19BrN2O4. The minimum absolute atomic E-state index is 0.447. The van der Waals surface area contributed by atoms with Crippen LogP contribution in [0.2, 0.25) is 0 Å². The van der Waals surface area contributed by atoms with Crippen LogP contribution in [0, 0.1) is 0 Å². The lowest BCUT2D eigenvalue weighted by Crippen LogP contribution is -2.24. The summed E-state index contributed by atoms with van der Waals surface area (Å²) in [5.74, 6) is 2.36. The molecule has 0 N–H and O–H groups in total. The smallest absolute Gasteiger partial charge is 0.226 e. The number of ether oxygens (including phenoxy) is 4. The van der Waals surface area contributed by atoms with Gasteiger partial charge in [0.25, 0.3) is 0 Å². The van der Waals surface area contributed by atoms with E-state index < -0.39 is 0 Å². The maximum absolute atomic E-state index is 5.44. The second-order valence-electron chi connectivity index (χ2n) is 4.37. The molecule has 1 heterocycles. The molecule has 0 radical (unpaired) electrons. The number of rotatable bonds is 5. The summed E-state index contributed by atoms with van der Waals surface area (Å²) in [6.45, 7) is 2.95. The second kappa shape index (κ2) is 7.40. The first-order chi connectivity index (χ1) is 10.6. The molecule has 1 aliphatic rings. The molecule has 0 aliphatic carbocycles. The van der Waals surface area contributed by atoms with Crippen LogP contribution >= 0.6 is 15.9 Å². The van der Waals surface area contributed by atoms with Crippen molar-refractivity contribution in [3.63, 3.8) is 0 Å². The van der Waals surface area contributed by atoms with Gasteiger partial charge in [-0.25, -0.2) is 4.99 Å². The maximum Gasteiger partial charge on any atom is 0.226 e. The minimum Gasteiger partial charge on any atom is -0.493 e. The molecule has 1 aromatic carbocycles. The van der Waals surface area contributed by atoms with E-state index in [-0.39, 0.29) is 0 Å². The summed E-state index contributed by atoms with van der Waals surface area (Å²) < 4.78 is 22.3. The highest BCUT2D eigenvalue weighted by molar-refractivity contribution is 9.12. The molecule has 1 aliphatic heterocycles. The van der Waals surface area contributed by atoms with Gasteiger partial charge in [-0.15, -0.1) is 0 Å². The fourth-order valence-corrected chi connectivity index (χ4v) is 2.58. The zero-order valence-electron chi connectivity index (χ0n) is 13.1. The van der Waals surface area contributed by atoms with Crippen LogP contribution in [0.3, 0.4) is 0 Å². The lowest BCUT2D eigenvalue weighted by molar-refractivity contribution is 0.324. The molecule has 7 heteroatoms. The van der Waals surface area contributed by atoms with E-state index in [9.17, 15) is 0 Å². The zero-order chi connectivity index (χ0) is 16.1. The number of hydrogen-bond acceptors (Lipinski definition) is 6. The molecule has 0 aromatic heterocycles. The van der Waals surface area contributed by atoms with Crippen LogP contribution < -0.4 is 19.1 Å². The average Bonchev–Trinajstić information content (AvgIpc) is 2.55. The van der Waals surface area contributed by atoms with Gasteiger partial charge in [0.05, 0.1) is 32.4 Å². The molecule has 0 amide bonds. The third kappa shape index (κ3) is 3.30. The van der Waals surface area contributed by atoms with Crippen LogP contribution in [0.5, 0.6) is 17.2 Å². The number of methoxy groups -OCH3 is 3. The van der Waals surface area contributed by atoms with Crippen molar-refractivity contribution in [3.05, 3.63) is 22.8 Å². The van der Waals surface area contributed by atoms with Crippen molar-refractivity contribution in [2.45, 2.75) is 6.92 Å². The first kappa shape index (κ1) is 16.5. The number of anilines is 1. The van der Waals surface area contributed by atoms with Gasteiger partial charge < -0.3 is 23.8 Å². The van der Waals surface area contributed by atoms with E-state index in [1.54, 1.807) is 21.3 Å². The number of benzene rings is 1. The van der Waals surface area contributed by atoms with Crippen LogP contribution in [0.1, 0.15) is 6.92 Å². The molecule has 2 rings (SSSR count). The summed E-state index contributed by atoms with van der Waals surface area (Å²) in [7, 11) is 4.76. The van der Waals surface area contributed by atoms with Crippen molar-refractivity contribution in [1.82, 2.24) is 0 Å². The summed E-state index contributed by atoms with van der Waals surface area (Å²) in [6.07, 6.45) is 1.92. The average molecular weight is 371 g/mol. The summed E-state index contributed by atoms with van der Waals surface area (Å²) in [4.78, 5) is 6.36. The minimum atomic E-state index is 0.447. The Morgan fingerprint density at radius 1 is 1.14 bits per heavy atom. The van der Waals surface area contributed by atoms with Crippen molar-refractivity contribution in [1.29, 1.82) is 0 Å². The zero-order valence-corrected chi connectivity index (χ0v) is 14.6. The highest BCUT2D eigenvalue weighted by Crippen LogP contribution is 2.41. The lowest BCUT2D eigenvalue weighted by Gasteiger charge is -2.25. The van der Waals surface area contributed by atoms with E-state index in [4.69, 9.17) is 18.9 Å². The fourth-order valence-electron chi connectivity index (χ4n) is 2.09. The second-order valence-corrected chi connectivity index (χ2v) is 5.22. The van der Waals surface area contributed by atoms with Gasteiger partial charge >= 0.3 is 0 Å². The molecule has 0 saturated carbocycles. The van der Waals surface area contributed by atoms with Crippen molar-refractivity contribution in [2.75, 3.05) is 39.5 Å². The molecule has 1 aromatic rings. The van der Waals surface area contributed by atoms with Gasteiger partial charge in [0.2, 0.25) is 11.6 Å². The van der Waals surface area contributed by atoms with Crippen LogP contribution in [0.4, 0.5) is 5.69 Å². The fraction of sp³-hybridized carbons (Fsp3) is 0.400. The van der Waals surface area contributed by atoms with E-state index >= 15 is 0 Å². The van der Waals surface area contributed by atoms with Gasteiger partial charge in [-0.2, -0.15) is 0 Å². The maximum atomic E-state index is 5.44. The topological polar surface area (TPSA) is 52.5 Å². The number of nitrogens with zero attached hydrogens (tertiary/aromatic N) is 2. The van der Waals surface area contributed by atoms with Gasteiger partial charge in [0.1, 0.15) is 6.67 Å². The summed E-state index contributed by atoms with van der Waals surface area (Å²) >= 11 is 3.47. The lowest BCUT2D eigenvalue weighted by atomic mass is 10.2. The van der Waals surface area contributed by atoms with E-state index in [0.717, 1.165) is 10.2 Å². The summed E-state index contributed by atoms with van der Waals surface area (Å²) in [5.41, 5.74) is 0.880. The third-order valence-corrected chi connectivity index (χ3v) is 3.65. The predicted molar refractivity (Wildman–Crippen MR) is 89.5 cm³/mol. The largest absolute Gasteiger partial charge is 0.493 e. The van der Waals surface area contributed by atoms with Gasteiger partial charge in [-0.3, -0.25) is 0 Å². The Morgan fingerprint density at radius 3 is 2.23 bits per heavy atom. The van der Waals surface area contributed by atoms with E-state index in [1.807, 2.05) is 30.2 Å². The molecule has 0 bridgehead atoms. The molecule has 0 unspecified atom stereocenters. The summed E-state index contributed by atoms with van der Waals surface area (Å²) in [5, 5.41) is 0. The molecule has 120 valence electrons. The Kier molecular flexibility index (Phi) is 5.54. The highest BCUT2D eigenvalue weighted by Gasteiger charge is 2.19. The molecule has 0 saturated heterocycles. The number of halogens is 1. The van der Waals surface area contributed by atoms with Crippen molar-refractivity contribution in [2.24, 2.45) is 4.99 Å². The standard InChI is InChI=1S/C15H19BrN2O4/c1-5-22-15-11(16)8-18(9-17-15)10-6-12(19-2)14(21-4)13(7-10)20-3/h6-8H,5,9H2,1-4H3. The van der Waals surface area contributed by atoms with Crippen LogP contribution in [0.15, 0.2) is 27.8 Å². The SMILES string of the molecule is CCOC1=NCN(c2cc(OC)c(OC)c(OC)c2)C=C1Br. The Bertz CT molecular complexity index is 576. The summed E-state index contributed by atoms with van der Waals surface area (Å²) in [6, 6.07) is 3.75. The monoisotopic (exact) mass is 370 g/mol. The highest BCUT2D eigenvalue weighted by atomic mass is 79.9. The molecular weight excluding hydrogens is 352 g/mol. The quantitative estimate of drug-likeness (QED) is 0.796. The Morgan fingerprint density at radius 2 is 1.77 bits per heavy atom. The van der Waals surface area contributed by atoms with Crippen LogP contribution in [0.25, 0.3) is 0 Å². The van der Waals surface area contributed by atoms with Gasteiger partial charge in [0, 0.05) is 24.0 Å². The molecule has 0 atom stereocenters. The van der Waals surface area contributed by atoms with Gasteiger partial charge in [0.15, 0.2) is 11.5 Å². The first-order valence-corrected chi connectivity index (χ1v) is 7.55. The first-order valence-electron chi connectivity index (χ1n) is 6.76. The van der Waals surface area contributed by atoms with Crippen molar-refractivity contribution >= 4 is 27.5 Å². The van der Waals surface area contributed by atoms with E-state index in [2.05, 4.69) is 20.9 Å². The van der Waals surface area contributed by atoms with E-state index in [1.165, 1.54) is 0 Å². The van der Waals surface area contributed by atoms with Gasteiger partial charge in [-0.05, 0) is 22.9 Å². The Hall–Kier alpha value is -1.89. The molecule has 0 fully saturated rings. The number of hydrogen-bond donors (Lipinski definition) is 0. The van der Waals surface area contributed by atoms with Crippen molar-refractivity contribution in [3.8, 4) is 17.2 Å². The normalized spacial score (nSPS) is 14.1. The van der Waals surface area contributed by atoms with Crippen LogP contribution in [-0.4, -0.2) is 40.5 Å². The van der Waals surface area contributed by atoms with Crippen LogP contribution in [-0.2, 0) is 4.74 Å². The third-order valence-electron chi connectivity index (χ3n) is 3.10. The molecule has 22 heavy (non-hydrogen) atoms. The number of aliphatic imine (C=N–C) groups is 1. The molecule has 6 nitrogen and oxygen atoms in total. The molecule has 0 spiro atoms. The Balaban J connectivity index is 2.35. The van der Waals surface area contributed by atoms with E-state index in [0.29, 0.717) is 36.4 Å². The Labute approximate surface area is 138 Å². The van der Waals surface area contributed by atoms with Gasteiger partial charge in [-0.1, -0.05) is 0 Å². The predicted octanol–water partition coefficient (Wildman–Crippen LogP) is 3.16. The van der Waals surface area contributed by atoms with Crippen molar-refractivity contribution < 1.29 is 18.9 Å².